The molecule has 0 saturated heterocycles. The van der Waals surface area contributed by atoms with Crippen LogP contribution in [0.5, 0.6) is 0 Å². The third-order valence-electron chi connectivity index (χ3n) is 4.04. The van der Waals surface area contributed by atoms with Crippen LogP contribution in [0.1, 0.15) is 24.8 Å². The average molecular weight is 273 g/mol. The number of fused-ring (bicyclic) bond motifs is 1. The van der Waals surface area contributed by atoms with Crippen molar-refractivity contribution in [2.24, 2.45) is 0 Å². The van der Waals surface area contributed by atoms with E-state index < -0.39 is 0 Å². The minimum atomic E-state index is 0.124. The van der Waals surface area contributed by atoms with Gasteiger partial charge >= 0.3 is 0 Å². The van der Waals surface area contributed by atoms with E-state index in [-0.39, 0.29) is 5.91 Å². The molecule has 4 nitrogen and oxygen atoms in total. The first kappa shape index (κ1) is 13.4. The second-order valence-electron chi connectivity index (χ2n) is 5.72. The van der Waals surface area contributed by atoms with Gasteiger partial charge in [-0.2, -0.15) is 0 Å². The van der Waals surface area contributed by atoms with E-state index in [1.54, 1.807) is 0 Å². The summed E-state index contributed by atoms with van der Waals surface area (Å²) in [6.07, 6.45) is 4.60. The van der Waals surface area contributed by atoms with Gasteiger partial charge in [-0.25, -0.2) is 0 Å². The lowest BCUT2D eigenvalue weighted by molar-refractivity contribution is -0.120. The molecule has 2 N–H and O–H groups in total. The van der Waals surface area contributed by atoms with Crippen LogP contribution in [-0.4, -0.2) is 38.1 Å². The van der Waals surface area contributed by atoms with Crippen molar-refractivity contribution >= 4 is 11.6 Å². The van der Waals surface area contributed by atoms with Gasteiger partial charge in [0.2, 0.25) is 5.91 Å². The summed E-state index contributed by atoms with van der Waals surface area (Å²) < 4.78 is 0. The fraction of sp³-hybridized carbons (Fsp3) is 0.562. The lowest BCUT2D eigenvalue weighted by atomic mass is 10.2. The minimum Gasteiger partial charge on any atom is -0.371 e. The predicted molar refractivity (Wildman–Crippen MR) is 81.0 cm³/mol. The molecule has 0 unspecified atom stereocenters. The highest BCUT2D eigenvalue weighted by Crippen LogP contribution is 2.27. The summed E-state index contributed by atoms with van der Waals surface area (Å²) in [5, 5.41) is 6.21. The average Bonchev–Trinajstić information content (AvgIpc) is 3.21. The van der Waals surface area contributed by atoms with Gasteiger partial charge in [0.05, 0.1) is 6.54 Å². The first-order valence-corrected chi connectivity index (χ1v) is 7.66. The van der Waals surface area contributed by atoms with Crippen LogP contribution in [0.25, 0.3) is 0 Å². The number of hydrogen-bond acceptors (Lipinski definition) is 3. The molecule has 1 aromatic rings. The lowest BCUT2D eigenvalue weighted by Crippen LogP contribution is -2.36. The Morgan fingerprint density at radius 3 is 3.00 bits per heavy atom. The van der Waals surface area contributed by atoms with E-state index in [4.69, 9.17) is 0 Å². The molecule has 3 rings (SSSR count). The quantitative estimate of drug-likeness (QED) is 0.736. The Morgan fingerprint density at radius 2 is 2.15 bits per heavy atom. The van der Waals surface area contributed by atoms with Crippen molar-refractivity contribution in [3.8, 4) is 0 Å². The van der Waals surface area contributed by atoms with Crippen LogP contribution in [-0.2, 0) is 11.2 Å². The molecule has 1 amide bonds. The highest BCUT2D eigenvalue weighted by Gasteiger charge is 2.21. The van der Waals surface area contributed by atoms with Gasteiger partial charge in [0.1, 0.15) is 0 Å². The summed E-state index contributed by atoms with van der Waals surface area (Å²) >= 11 is 0. The van der Waals surface area contributed by atoms with E-state index in [2.05, 4.69) is 39.8 Å². The number of rotatable bonds is 7. The van der Waals surface area contributed by atoms with Crippen molar-refractivity contribution in [1.29, 1.82) is 0 Å². The van der Waals surface area contributed by atoms with Gasteiger partial charge < -0.3 is 15.5 Å². The first-order valence-electron chi connectivity index (χ1n) is 7.66. The zero-order valence-corrected chi connectivity index (χ0v) is 11.9. The molecule has 0 aromatic heterocycles. The number of nitrogens with one attached hydrogen (secondary N) is 2. The molecule has 2 aliphatic rings. The van der Waals surface area contributed by atoms with Crippen molar-refractivity contribution in [2.45, 2.75) is 31.7 Å². The second kappa shape index (κ2) is 6.27. The number of anilines is 1. The molecule has 1 saturated carbocycles. The van der Waals surface area contributed by atoms with Gasteiger partial charge in [-0.1, -0.05) is 18.2 Å². The largest absolute Gasteiger partial charge is 0.371 e. The van der Waals surface area contributed by atoms with Crippen molar-refractivity contribution < 1.29 is 4.79 Å². The highest BCUT2D eigenvalue weighted by molar-refractivity contribution is 5.78. The summed E-state index contributed by atoms with van der Waals surface area (Å²) in [5.41, 5.74) is 2.82. The molecule has 1 fully saturated rings. The molecule has 0 atom stereocenters. The molecule has 1 aliphatic carbocycles. The van der Waals surface area contributed by atoms with Crippen LogP contribution in [0.3, 0.4) is 0 Å². The van der Waals surface area contributed by atoms with Crippen LogP contribution < -0.4 is 15.5 Å². The van der Waals surface area contributed by atoms with Crippen LogP contribution in [0.15, 0.2) is 24.3 Å². The van der Waals surface area contributed by atoms with Gasteiger partial charge in [0.25, 0.3) is 0 Å². The van der Waals surface area contributed by atoms with E-state index in [9.17, 15) is 4.79 Å². The Bertz CT molecular complexity index is 471. The maximum absolute atomic E-state index is 11.6. The fourth-order valence-electron chi connectivity index (χ4n) is 2.72. The van der Waals surface area contributed by atoms with E-state index in [0.717, 1.165) is 32.5 Å². The SMILES string of the molecule is O=C(CNC1CC1)NCCCN1CCc2ccccc21. The van der Waals surface area contributed by atoms with Crippen molar-refractivity contribution in [3.63, 3.8) is 0 Å². The topological polar surface area (TPSA) is 44.4 Å². The molecule has 108 valence electrons. The summed E-state index contributed by atoms with van der Waals surface area (Å²) in [6.45, 7) is 3.37. The van der Waals surface area contributed by atoms with Gasteiger partial charge in [-0.05, 0) is 37.3 Å². The molecular weight excluding hydrogens is 250 g/mol. The number of benzene rings is 1. The highest BCUT2D eigenvalue weighted by atomic mass is 16.1. The monoisotopic (exact) mass is 273 g/mol. The second-order valence-corrected chi connectivity index (χ2v) is 5.72. The molecule has 1 aliphatic heterocycles. The molecule has 4 heteroatoms. The van der Waals surface area contributed by atoms with Gasteiger partial charge in [0.15, 0.2) is 0 Å². The number of carbonyl (C=O) groups is 1. The standard InChI is InChI=1S/C16H23N3O/c20-16(12-18-14-6-7-14)17-9-3-10-19-11-8-13-4-1-2-5-15(13)19/h1-2,4-5,14,18H,3,6-12H2,(H,17,20). The smallest absolute Gasteiger partial charge is 0.233 e. The third-order valence-corrected chi connectivity index (χ3v) is 4.04. The predicted octanol–water partition coefficient (Wildman–Crippen LogP) is 1.31. The van der Waals surface area contributed by atoms with Crippen LogP contribution >= 0.6 is 0 Å². The number of para-hydroxylation sites is 1. The minimum absolute atomic E-state index is 0.124. The Hall–Kier alpha value is -1.55. The van der Waals surface area contributed by atoms with Crippen molar-refractivity contribution in [1.82, 2.24) is 10.6 Å². The summed E-state index contributed by atoms with van der Waals surface area (Å²) in [7, 11) is 0. The van der Waals surface area contributed by atoms with Gasteiger partial charge in [-0.15, -0.1) is 0 Å². The van der Waals surface area contributed by atoms with Crippen LogP contribution in [0.4, 0.5) is 5.69 Å². The maximum Gasteiger partial charge on any atom is 0.233 e. The zero-order valence-electron chi connectivity index (χ0n) is 11.9. The normalized spacial score (nSPS) is 17.1. The van der Waals surface area contributed by atoms with E-state index in [1.165, 1.54) is 24.1 Å². The number of nitrogens with zero attached hydrogens (tertiary/aromatic N) is 1. The molecule has 1 heterocycles. The number of amides is 1. The van der Waals surface area contributed by atoms with Crippen LogP contribution in [0, 0.1) is 0 Å². The maximum atomic E-state index is 11.6. The van der Waals surface area contributed by atoms with Crippen molar-refractivity contribution in [3.05, 3.63) is 29.8 Å². The molecule has 0 spiro atoms. The molecular formula is C16H23N3O. The Kier molecular flexibility index (Phi) is 4.21. The Morgan fingerprint density at radius 1 is 1.30 bits per heavy atom. The number of carbonyl (C=O) groups excluding carboxylic acids is 1. The summed E-state index contributed by atoms with van der Waals surface area (Å²) in [5.74, 6) is 0.124. The number of hydrogen-bond donors (Lipinski definition) is 2. The van der Waals surface area contributed by atoms with Gasteiger partial charge in [0, 0.05) is 31.4 Å². The van der Waals surface area contributed by atoms with E-state index in [1.807, 2.05) is 0 Å². The molecule has 20 heavy (non-hydrogen) atoms. The third kappa shape index (κ3) is 3.51. The lowest BCUT2D eigenvalue weighted by Gasteiger charge is -2.19. The zero-order chi connectivity index (χ0) is 13.8. The van der Waals surface area contributed by atoms with E-state index in [0.29, 0.717) is 12.6 Å². The molecule has 0 bridgehead atoms. The molecule has 1 aromatic carbocycles. The summed E-state index contributed by atoms with van der Waals surface area (Å²) in [4.78, 5) is 14.0. The summed E-state index contributed by atoms with van der Waals surface area (Å²) in [6, 6.07) is 9.21. The first-order chi connectivity index (χ1) is 9.83. The Balaban J connectivity index is 1.33. The van der Waals surface area contributed by atoms with Gasteiger partial charge in [-0.3, -0.25) is 4.79 Å². The van der Waals surface area contributed by atoms with Crippen LogP contribution in [0.2, 0.25) is 0 Å². The Labute approximate surface area is 120 Å². The fourth-order valence-corrected chi connectivity index (χ4v) is 2.72. The van der Waals surface area contributed by atoms with E-state index >= 15 is 0 Å². The van der Waals surface area contributed by atoms with Crippen molar-refractivity contribution in [2.75, 3.05) is 31.1 Å². The molecule has 0 radical (unpaired) electrons.